The molecule has 0 amide bonds. The second kappa shape index (κ2) is 4.75. The largest absolute Gasteiger partial charge is 0.257 e. The summed E-state index contributed by atoms with van der Waals surface area (Å²) in [5.74, 6) is 0. The Hall–Kier alpha value is -1.18. The van der Waals surface area contributed by atoms with Gasteiger partial charge in [0.1, 0.15) is 0 Å². The van der Waals surface area contributed by atoms with Crippen LogP contribution in [0.2, 0.25) is 0 Å². The van der Waals surface area contributed by atoms with Crippen LogP contribution >= 0.6 is 0 Å². The summed E-state index contributed by atoms with van der Waals surface area (Å²) in [6.45, 7) is 6.11. The van der Waals surface area contributed by atoms with E-state index < -0.39 is 0 Å². The molecular formula is C11H16N2. The van der Waals surface area contributed by atoms with Gasteiger partial charge in [0.15, 0.2) is 0 Å². The fourth-order valence-corrected chi connectivity index (χ4v) is 1.08. The molecule has 0 saturated carbocycles. The molecule has 0 fully saturated rings. The molecule has 0 saturated heterocycles. The lowest BCUT2D eigenvalue weighted by Gasteiger charge is -1.99. The first kappa shape index (κ1) is 9.90. The monoisotopic (exact) mass is 176 g/mol. The third kappa shape index (κ3) is 2.98. The first-order chi connectivity index (χ1) is 6.24. The average Bonchev–Trinajstić information content (AvgIpc) is 2.11. The minimum absolute atomic E-state index is 0.974. The molecule has 0 spiro atoms. The van der Waals surface area contributed by atoms with Gasteiger partial charge in [-0.1, -0.05) is 19.4 Å². The van der Waals surface area contributed by atoms with Crippen LogP contribution in [0.5, 0.6) is 0 Å². The Kier molecular flexibility index (Phi) is 3.62. The number of rotatable bonds is 3. The summed E-state index contributed by atoms with van der Waals surface area (Å²) in [6.07, 6.45) is 8.28. The Bertz CT molecular complexity index is 303. The van der Waals surface area contributed by atoms with Gasteiger partial charge in [-0.05, 0) is 26.3 Å². The van der Waals surface area contributed by atoms with Crippen molar-refractivity contribution in [2.75, 3.05) is 0 Å². The van der Waals surface area contributed by atoms with Crippen molar-refractivity contribution in [3.63, 3.8) is 0 Å². The third-order valence-corrected chi connectivity index (χ3v) is 1.84. The van der Waals surface area contributed by atoms with Crippen LogP contribution in [0.25, 0.3) is 6.08 Å². The SMILES string of the molecule is CCCC=Cc1nc(C)cnc1C. The summed E-state index contributed by atoms with van der Waals surface area (Å²) < 4.78 is 0. The lowest BCUT2D eigenvalue weighted by Crippen LogP contribution is -1.93. The predicted molar refractivity (Wildman–Crippen MR) is 55.4 cm³/mol. The van der Waals surface area contributed by atoms with Gasteiger partial charge >= 0.3 is 0 Å². The Morgan fingerprint density at radius 3 is 2.85 bits per heavy atom. The summed E-state index contributed by atoms with van der Waals surface area (Å²) in [7, 11) is 0. The van der Waals surface area contributed by atoms with Gasteiger partial charge in [0.25, 0.3) is 0 Å². The summed E-state index contributed by atoms with van der Waals surface area (Å²) in [5, 5.41) is 0. The van der Waals surface area contributed by atoms with Crippen LogP contribution in [0.15, 0.2) is 12.3 Å². The molecule has 1 aromatic heterocycles. The molecule has 0 radical (unpaired) electrons. The van der Waals surface area contributed by atoms with Crippen molar-refractivity contribution in [2.24, 2.45) is 0 Å². The number of hydrogen-bond donors (Lipinski definition) is 0. The molecule has 13 heavy (non-hydrogen) atoms. The molecule has 0 bridgehead atoms. The van der Waals surface area contributed by atoms with Gasteiger partial charge in [-0.3, -0.25) is 9.97 Å². The standard InChI is InChI=1S/C11H16N2/c1-4-5-6-7-11-10(3)12-8-9(2)13-11/h6-8H,4-5H2,1-3H3. The third-order valence-electron chi connectivity index (χ3n) is 1.84. The van der Waals surface area contributed by atoms with E-state index in [0.717, 1.165) is 23.5 Å². The smallest absolute Gasteiger partial charge is 0.0842 e. The highest BCUT2D eigenvalue weighted by atomic mass is 14.8. The molecule has 0 aliphatic rings. The molecule has 70 valence electrons. The summed E-state index contributed by atoms with van der Waals surface area (Å²) in [4.78, 5) is 8.64. The number of allylic oxidation sites excluding steroid dienone is 1. The number of hydrogen-bond acceptors (Lipinski definition) is 2. The first-order valence-corrected chi connectivity index (χ1v) is 4.71. The molecule has 0 aromatic carbocycles. The highest BCUT2D eigenvalue weighted by Gasteiger charge is 1.96. The zero-order valence-electron chi connectivity index (χ0n) is 8.54. The van der Waals surface area contributed by atoms with Gasteiger partial charge in [-0.15, -0.1) is 0 Å². The van der Waals surface area contributed by atoms with Crippen molar-refractivity contribution >= 4 is 6.08 Å². The Labute approximate surface area is 79.7 Å². The zero-order chi connectivity index (χ0) is 9.68. The van der Waals surface area contributed by atoms with E-state index in [1.807, 2.05) is 13.8 Å². The van der Waals surface area contributed by atoms with E-state index in [4.69, 9.17) is 0 Å². The number of aryl methyl sites for hydroxylation is 2. The fraction of sp³-hybridized carbons (Fsp3) is 0.455. The highest BCUT2D eigenvalue weighted by molar-refractivity contribution is 5.46. The van der Waals surface area contributed by atoms with Crippen molar-refractivity contribution in [3.8, 4) is 0 Å². The van der Waals surface area contributed by atoms with E-state index in [9.17, 15) is 0 Å². The predicted octanol–water partition coefficient (Wildman–Crippen LogP) is 2.91. The Balaban J connectivity index is 2.81. The molecule has 1 aromatic rings. The van der Waals surface area contributed by atoms with Crippen molar-refractivity contribution in [3.05, 3.63) is 29.4 Å². The van der Waals surface area contributed by atoms with Crippen LogP contribution in [0.3, 0.4) is 0 Å². The van der Waals surface area contributed by atoms with E-state index in [1.165, 1.54) is 6.42 Å². The lowest BCUT2D eigenvalue weighted by atomic mass is 10.2. The summed E-state index contributed by atoms with van der Waals surface area (Å²) >= 11 is 0. The molecule has 0 N–H and O–H groups in total. The minimum atomic E-state index is 0.974. The number of aromatic nitrogens is 2. The van der Waals surface area contributed by atoms with Gasteiger partial charge < -0.3 is 0 Å². The molecule has 2 nitrogen and oxygen atoms in total. The van der Waals surface area contributed by atoms with Crippen LogP contribution < -0.4 is 0 Å². The van der Waals surface area contributed by atoms with Crippen LogP contribution in [-0.4, -0.2) is 9.97 Å². The van der Waals surface area contributed by atoms with Crippen molar-refractivity contribution in [1.29, 1.82) is 0 Å². The Morgan fingerprint density at radius 2 is 2.15 bits per heavy atom. The van der Waals surface area contributed by atoms with E-state index in [0.29, 0.717) is 0 Å². The maximum absolute atomic E-state index is 4.40. The van der Waals surface area contributed by atoms with Crippen molar-refractivity contribution < 1.29 is 0 Å². The lowest BCUT2D eigenvalue weighted by molar-refractivity contribution is 0.960. The summed E-state index contributed by atoms with van der Waals surface area (Å²) in [6, 6.07) is 0. The molecule has 0 unspecified atom stereocenters. The summed E-state index contributed by atoms with van der Waals surface area (Å²) in [5.41, 5.74) is 2.97. The van der Waals surface area contributed by atoms with Crippen LogP contribution in [0.1, 0.15) is 36.8 Å². The molecule has 1 rings (SSSR count). The van der Waals surface area contributed by atoms with Crippen LogP contribution in [0.4, 0.5) is 0 Å². The Morgan fingerprint density at radius 1 is 1.38 bits per heavy atom. The molecule has 1 heterocycles. The molecule has 2 heteroatoms. The topological polar surface area (TPSA) is 25.8 Å². The zero-order valence-corrected chi connectivity index (χ0v) is 8.54. The van der Waals surface area contributed by atoms with Gasteiger partial charge in [0.2, 0.25) is 0 Å². The highest BCUT2D eigenvalue weighted by Crippen LogP contribution is 2.05. The first-order valence-electron chi connectivity index (χ1n) is 4.71. The molecular weight excluding hydrogens is 160 g/mol. The molecule has 0 aliphatic carbocycles. The van der Waals surface area contributed by atoms with Crippen LogP contribution in [0, 0.1) is 13.8 Å². The minimum Gasteiger partial charge on any atom is -0.257 e. The van der Waals surface area contributed by atoms with Gasteiger partial charge in [-0.25, -0.2) is 0 Å². The van der Waals surface area contributed by atoms with E-state index in [2.05, 4.69) is 29.0 Å². The fourth-order valence-electron chi connectivity index (χ4n) is 1.08. The van der Waals surface area contributed by atoms with Gasteiger partial charge in [-0.2, -0.15) is 0 Å². The number of unbranched alkanes of at least 4 members (excludes halogenated alkanes) is 1. The van der Waals surface area contributed by atoms with Crippen molar-refractivity contribution in [1.82, 2.24) is 9.97 Å². The average molecular weight is 176 g/mol. The molecule has 0 atom stereocenters. The molecule has 0 aliphatic heterocycles. The van der Waals surface area contributed by atoms with Gasteiger partial charge in [0, 0.05) is 6.20 Å². The maximum Gasteiger partial charge on any atom is 0.0842 e. The van der Waals surface area contributed by atoms with E-state index in [1.54, 1.807) is 6.20 Å². The van der Waals surface area contributed by atoms with Gasteiger partial charge in [0.05, 0.1) is 17.1 Å². The maximum atomic E-state index is 4.40. The van der Waals surface area contributed by atoms with E-state index in [-0.39, 0.29) is 0 Å². The van der Waals surface area contributed by atoms with Crippen LogP contribution in [-0.2, 0) is 0 Å². The quantitative estimate of drug-likeness (QED) is 0.707. The second-order valence-electron chi connectivity index (χ2n) is 3.17. The number of nitrogens with zero attached hydrogens (tertiary/aromatic N) is 2. The van der Waals surface area contributed by atoms with Crippen molar-refractivity contribution in [2.45, 2.75) is 33.6 Å². The van der Waals surface area contributed by atoms with E-state index >= 15 is 0 Å². The second-order valence-corrected chi connectivity index (χ2v) is 3.17. The normalized spacial score (nSPS) is 11.0.